The maximum atomic E-state index is 13.0. The van der Waals surface area contributed by atoms with Crippen molar-refractivity contribution >= 4 is 11.6 Å². The largest absolute Gasteiger partial charge is 0.489 e. The Hall–Kier alpha value is -3.96. The maximum Gasteiger partial charge on any atom is 0.255 e. The molecule has 1 amide bonds. The number of amides is 1. The number of carbonyl (C=O) groups excluding carboxylic acids is 1. The molecule has 3 N–H and O–H groups in total. The zero-order chi connectivity index (χ0) is 21.5. The van der Waals surface area contributed by atoms with Crippen LogP contribution in [0.4, 0.5) is 5.69 Å². The van der Waals surface area contributed by atoms with Crippen LogP contribution in [0.3, 0.4) is 0 Å². The van der Waals surface area contributed by atoms with Gasteiger partial charge in [0.25, 0.3) is 5.91 Å². The van der Waals surface area contributed by atoms with Gasteiger partial charge in [0, 0.05) is 30.2 Å². The molecule has 0 spiro atoms. The van der Waals surface area contributed by atoms with Crippen LogP contribution in [-0.2, 0) is 13.2 Å². The van der Waals surface area contributed by atoms with Crippen molar-refractivity contribution in [1.29, 1.82) is 0 Å². The summed E-state index contributed by atoms with van der Waals surface area (Å²) in [7, 11) is 0. The molecule has 4 aromatic rings. The highest BCUT2D eigenvalue weighted by Gasteiger charge is 2.12. The smallest absolute Gasteiger partial charge is 0.255 e. The molecule has 0 radical (unpaired) electrons. The number of ether oxygens (including phenoxy) is 1. The van der Waals surface area contributed by atoms with Crippen molar-refractivity contribution in [3.8, 4) is 16.9 Å². The molecule has 0 bridgehead atoms. The molecular formula is C26H23N3O2. The fraction of sp³-hybridized carbons (Fsp3) is 0.0769. The highest BCUT2D eigenvalue weighted by atomic mass is 16.5. The molecule has 1 heterocycles. The van der Waals surface area contributed by atoms with Crippen LogP contribution in [0.25, 0.3) is 11.1 Å². The summed E-state index contributed by atoms with van der Waals surface area (Å²) in [6.45, 7) is 0.835. The molecule has 0 aliphatic carbocycles. The van der Waals surface area contributed by atoms with Crippen LogP contribution in [-0.4, -0.2) is 10.9 Å². The van der Waals surface area contributed by atoms with Crippen LogP contribution < -0.4 is 15.8 Å². The normalized spacial score (nSPS) is 10.5. The van der Waals surface area contributed by atoms with Gasteiger partial charge in [0.1, 0.15) is 12.4 Å². The van der Waals surface area contributed by atoms with Crippen LogP contribution in [0, 0.1) is 0 Å². The SMILES string of the molecule is NCc1cccc(-c2cc(OCc3ccncc3)cc(C(=O)Nc3ccccc3)c2)c1. The highest BCUT2D eigenvalue weighted by molar-refractivity contribution is 6.05. The van der Waals surface area contributed by atoms with Gasteiger partial charge >= 0.3 is 0 Å². The Labute approximate surface area is 181 Å². The summed E-state index contributed by atoms with van der Waals surface area (Å²) in [5.74, 6) is 0.419. The quantitative estimate of drug-likeness (QED) is 0.448. The fourth-order valence-corrected chi connectivity index (χ4v) is 3.23. The Morgan fingerprint density at radius 2 is 1.65 bits per heavy atom. The molecule has 0 atom stereocenters. The number of nitrogens with one attached hydrogen (secondary N) is 1. The summed E-state index contributed by atoms with van der Waals surface area (Å²) in [5, 5.41) is 2.94. The van der Waals surface area contributed by atoms with Crippen LogP contribution in [0.2, 0.25) is 0 Å². The molecule has 1 aromatic heterocycles. The number of hydrogen-bond acceptors (Lipinski definition) is 4. The zero-order valence-electron chi connectivity index (χ0n) is 17.0. The lowest BCUT2D eigenvalue weighted by atomic mass is 10.00. The third-order valence-corrected chi connectivity index (χ3v) is 4.85. The number of pyridine rings is 1. The van der Waals surface area contributed by atoms with E-state index < -0.39 is 0 Å². The number of rotatable bonds is 7. The summed E-state index contributed by atoms with van der Waals surface area (Å²) < 4.78 is 6.02. The van der Waals surface area contributed by atoms with Gasteiger partial charge in [-0.15, -0.1) is 0 Å². The van der Waals surface area contributed by atoms with Gasteiger partial charge < -0.3 is 15.8 Å². The molecule has 0 unspecified atom stereocenters. The van der Waals surface area contributed by atoms with E-state index in [1.807, 2.05) is 78.9 Å². The van der Waals surface area contributed by atoms with E-state index in [1.165, 1.54) is 0 Å². The standard InChI is InChI=1S/C26H23N3O2/c27-17-20-5-4-6-21(13-20)22-14-23(26(30)29-24-7-2-1-3-8-24)16-25(15-22)31-18-19-9-11-28-12-10-19/h1-16H,17-18,27H2,(H,29,30). The van der Waals surface area contributed by atoms with E-state index in [0.717, 1.165) is 27.9 Å². The van der Waals surface area contributed by atoms with E-state index >= 15 is 0 Å². The average molecular weight is 409 g/mol. The molecule has 3 aromatic carbocycles. The minimum absolute atomic E-state index is 0.197. The van der Waals surface area contributed by atoms with Crippen molar-refractivity contribution < 1.29 is 9.53 Å². The van der Waals surface area contributed by atoms with Gasteiger partial charge in [0.05, 0.1) is 0 Å². The number of hydrogen-bond donors (Lipinski definition) is 2. The van der Waals surface area contributed by atoms with E-state index in [-0.39, 0.29) is 5.91 Å². The van der Waals surface area contributed by atoms with E-state index in [2.05, 4.69) is 10.3 Å². The van der Waals surface area contributed by atoms with Gasteiger partial charge in [-0.1, -0.05) is 36.4 Å². The lowest BCUT2D eigenvalue weighted by Crippen LogP contribution is -2.12. The molecule has 5 nitrogen and oxygen atoms in total. The first-order chi connectivity index (χ1) is 15.2. The number of para-hydroxylation sites is 1. The Bertz CT molecular complexity index is 1160. The van der Waals surface area contributed by atoms with Crippen molar-refractivity contribution in [3.05, 3.63) is 114 Å². The third kappa shape index (κ3) is 5.35. The van der Waals surface area contributed by atoms with Gasteiger partial charge in [-0.3, -0.25) is 9.78 Å². The molecule has 0 saturated heterocycles. The summed E-state index contributed by atoms with van der Waals surface area (Å²) in [4.78, 5) is 17.0. The number of nitrogens with zero attached hydrogens (tertiary/aromatic N) is 1. The predicted molar refractivity (Wildman–Crippen MR) is 123 cm³/mol. The summed E-state index contributed by atoms with van der Waals surface area (Å²) in [6, 6.07) is 26.7. The van der Waals surface area contributed by atoms with E-state index in [9.17, 15) is 4.79 Å². The van der Waals surface area contributed by atoms with Gasteiger partial charge in [-0.05, 0) is 70.8 Å². The van der Waals surface area contributed by atoms with Crippen LogP contribution in [0.5, 0.6) is 5.75 Å². The molecule has 0 saturated carbocycles. The summed E-state index contributed by atoms with van der Waals surface area (Å²) >= 11 is 0. The van der Waals surface area contributed by atoms with Crippen molar-refractivity contribution in [3.63, 3.8) is 0 Å². The Balaban J connectivity index is 1.66. The second-order valence-corrected chi connectivity index (χ2v) is 7.11. The highest BCUT2D eigenvalue weighted by Crippen LogP contribution is 2.28. The number of benzene rings is 3. The molecule has 5 heteroatoms. The Kier molecular flexibility index (Phi) is 6.35. The lowest BCUT2D eigenvalue weighted by Gasteiger charge is -2.13. The first kappa shape index (κ1) is 20.3. The number of anilines is 1. The minimum Gasteiger partial charge on any atom is -0.489 e. The van der Waals surface area contributed by atoms with Crippen molar-refractivity contribution in [2.24, 2.45) is 5.73 Å². The summed E-state index contributed by atoms with van der Waals surface area (Å²) in [6.07, 6.45) is 3.46. The summed E-state index contributed by atoms with van der Waals surface area (Å²) in [5.41, 5.74) is 11.0. The van der Waals surface area contributed by atoms with Crippen LogP contribution in [0.15, 0.2) is 97.3 Å². The van der Waals surface area contributed by atoms with Crippen LogP contribution >= 0.6 is 0 Å². The molecule has 0 aliphatic heterocycles. The van der Waals surface area contributed by atoms with Crippen molar-refractivity contribution in [1.82, 2.24) is 4.98 Å². The number of nitrogens with two attached hydrogens (primary N) is 1. The van der Waals surface area contributed by atoms with E-state index in [4.69, 9.17) is 10.5 Å². The van der Waals surface area contributed by atoms with Gasteiger partial charge in [-0.25, -0.2) is 0 Å². The van der Waals surface area contributed by atoms with Gasteiger partial charge in [0.2, 0.25) is 0 Å². The Morgan fingerprint density at radius 3 is 2.42 bits per heavy atom. The predicted octanol–water partition coefficient (Wildman–Crippen LogP) is 5.04. The van der Waals surface area contributed by atoms with E-state index in [0.29, 0.717) is 24.5 Å². The van der Waals surface area contributed by atoms with Gasteiger partial charge in [0.15, 0.2) is 0 Å². The topological polar surface area (TPSA) is 77.2 Å². The van der Waals surface area contributed by atoms with Crippen molar-refractivity contribution in [2.45, 2.75) is 13.2 Å². The first-order valence-electron chi connectivity index (χ1n) is 10.0. The molecule has 4 rings (SSSR count). The minimum atomic E-state index is -0.197. The number of aromatic nitrogens is 1. The molecule has 0 aliphatic rings. The van der Waals surface area contributed by atoms with Crippen molar-refractivity contribution in [2.75, 3.05) is 5.32 Å². The molecule has 154 valence electrons. The lowest BCUT2D eigenvalue weighted by molar-refractivity contribution is 0.102. The zero-order valence-corrected chi connectivity index (χ0v) is 17.0. The van der Waals surface area contributed by atoms with Crippen LogP contribution in [0.1, 0.15) is 21.5 Å². The second kappa shape index (κ2) is 9.69. The average Bonchev–Trinajstić information content (AvgIpc) is 2.84. The monoisotopic (exact) mass is 409 g/mol. The first-order valence-corrected chi connectivity index (χ1v) is 10.0. The number of carbonyl (C=O) groups is 1. The third-order valence-electron chi connectivity index (χ3n) is 4.85. The maximum absolute atomic E-state index is 13.0. The second-order valence-electron chi connectivity index (χ2n) is 7.11. The van der Waals surface area contributed by atoms with E-state index in [1.54, 1.807) is 18.5 Å². The molecule has 31 heavy (non-hydrogen) atoms. The fourth-order valence-electron chi connectivity index (χ4n) is 3.23. The Morgan fingerprint density at radius 1 is 0.839 bits per heavy atom. The van der Waals surface area contributed by atoms with Gasteiger partial charge in [-0.2, -0.15) is 0 Å². The molecular weight excluding hydrogens is 386 g/mol. The molecule has 0 fully saturated rings.